The van der Waals surface area contributed by atoms with E-state index in [1.165, 1.54) is 0 Å². The zero-order chi connectivity index (χ0) is 14.4. The second-order valence-electron chi connectivity index (χ2n) is 5.13. The van der Waals surface area contributed by atoms with E-state index in [9.17, 15) is 4.79 Å². The average molecular weight is 272 g/mol. The first-order valence-corrected chi connectivity index (χ1v) is 6.85. The van der Waals surface area contributed by atoms with E-state index in [1.54, 1.807) is 6.08 Å². The lowest BCUT2D eigenvalue weighted by Gasteiger charge is -2.38. The molecule has 0 radical (unpaired) electrons. The van der Waals surface area contributed by atoms with Gasteiger partial charge in [0.2, 0.25) is 12.0 Å². The lowest BCUT2D eigenvalue weighted by atomic mass is 9.78. The summed E-state index contributed by atoms with van der Waals surface area (Å²) in [6, 6.07) is 0. The smallest absolute Gasteiger partial charge is 0.370 e. The normalized spacial score (nSPS) is 27.0. The Balaban J connectivity index is 2.95. The van der Waals surface area contributed by atoms with E-state index in [1.807, 2.05) is 6.92 Å². The number of allylic oxidation sites excluding steroid dienone is 1. The van der Waals surface area contributed by atoms with Crippen LogP contribution < -0.4 is 0 Å². The fourth-order valence-corrected chi connectivity index (χ4v) is 2.52. The Kier molecular flexibility index (Phi) is 6.31. The first-order chi connectivity index (χ1) is 9.01. The molecule has 1 rings (SSSR count). The lowest BCUT2D eigenvalue weighted by Crippen LogP contribution is -2.39. The highest BCUT2D eigenvalue weighted by atomic mass is 16.7. The molecule has 0 bridgehead atoms. The van der Waals surface area contributed by atoms with Crippen LogP contribution in [0.3, 0.4) is 0 Å². The molecule has 0 aromatic carbocycles. The van der Waals surface area contributed by atoms with Crippen LogP contribution in [0.1, 0.15) is 33.6 Å². The molecule has 0 spiro atoms. The number of carboxylic acids is 1. The predicted octanol–water partition coefficient (Wildman–Crippen LogP) is 2.01. The molecule has 1 aliphatic rings. The summed E-state index contributed by atoms with van der Waals surface area (Å²) in [5, 5.41) is 18.1. The number of carboxylic acid groups (broad SMARTS) is 1. The van der Waals surface area contributed by atoms with Crippen molar-refractivity contribution in [3.05, 3.63) is 11.8 Å². The summed E-state index contributed by atoms with van der Waals surface area (Å²) < 4.78 is 11.0. The summed E-state index contributed by atoms with van der Waals surface area (Å²) in [5.41, 5.74) is 0. The van der Waals surface area contributed by atoms with Crippen LogP contribution in [0.2, 0.25) is 0 Å². The maximum absolute atomic E-state index is 11.1. The monoisotopic (exact) mass is 272 g/mol. The Labute approximate surface area is 114 Å². The zero-order valence-electron chi connectivity index (χ0n) is 11.8. The predicted molar refractivity (Wildman–Crippen MR) is 70.4 cm³/mol. The molecule has 110 valence electrons. The molecule has 0 unspecified atom stereocenters. The molecule has 0 aromatic rings. The number of carbonyl (C=O) groups is 1. The van der Waals surface area contributed by atoms with Gasteiger partial charge < -0.3 is 19.7 Å². The fraction of sp³-hybridized carbons (Fsp3) is 0.786. The van der Waals surface area contributed by atoms with Gasteiger partial charge in [-0.25, -0.2) is 4.79 Å². The minimum Gasteiger partial charge on any atom is -0.475 e. The molecule has 2 N–H and O–H groups in total. The number of aliphatic hydroxyl groups excluding tert-OH is 1. The molecule has 0 saturated heterocycles. The number of rotatable bonds is 7. The summed E-state index contributed by atoms with van der Waals surface area (Å²) in [6.07, 6.45) is 2.56. The van der Waals surface area contributed by atoms with Crippen LogP contribution in [-0.4, -0.2) is 35.7 Å². The van der Waals surface area contributed by atoms with Crippen molar-refractivity contribution in [2.24, 2.45) is 17.8 Å². The van der Waals surface area contributed by atoms with Crippen molar-refractivity contribution in [3.8, 4) is 0 Å². The minimum absolute atomic E-state index is 0.0302. The molecule has 0 fully saturated rings. The molecule has 19 heavy (non-hydrogen) atoms. The summed E-state index contributed by atoms with van der Waals surface area (Å²) in [6.45, 7) is 6.56. The van der Waals surface area contributed by atoms with Crippen molar-refractivity contribution < 1.29 is 24.5 Å². The van der Waals surface area contributed by atoms with Gasteiger partial charge in [-0.1, -0.05) is 13.8 Å². The number of hydrogen-bond donors (Lipinski definition) is 2. The van der Waals surface area contributed by atoms with E-state index in [0.717, 1.165) is 6.42 Å². The van der Waals surface area contributed by atoms with Crippen molar-refractivity contribution >= 4 is 5.97 Å². The Hall–Kier alpha value is -1.07. The third-order valence-electron chi connectivity index (χ3n) is 3.44. The first-order valence-electron chi connectivity index (χ1n) is 6.85. The molecule has 5 nitrogen and oxygen atoms in total. The second kappa shape index (κ2) is 7.50. The van der Waals surface area contributed by atoms with Gasteiger partial charge in [0, 0.05) is 19.1 Å². The number of aliphatic carboxylic acids is 1. The Morgan fingerprint density at radius 1 is 1.53 bits per heavy atom. The highest BCUT2D eigenvalue weighted by Crippen LogP contribution is 2.36. The zero-order valence-corrected chi connectivity index (χ0v) is 11.8. The number of ether oxygens (including phenoxy) is 2. The highest BCUT2D eigenvalue weighted by molar-refractivity contribution is 5.84. The van der Waals surface area contributed by atoms with Crippen LogP contribution in [0, 0.1) is 17.8 Å². The molecular formula is C14H24O5. The van der Waals surface area contributed by atoms with Crippen LogP contribution in [-0.2, 0) is 14.3 Å². The van der Waals surface area contributed by atoms with E-state index in [-0.39, 0.29) is 24.2 Å². The first kappa shape index (κ1) is 16.0. The molecule has 0 amide bonds. The van der Waals surface area contributed by atoms with Crippen LogP contribution >= 0.6 is 0 Å². The molecule has 5 heteroatoms. The average Bonchev–Trinajstić information content (AvgIpc) is 2.36. The summed E-state index contributed by atoms with van der Waals surface area (Å²) in [4.78, 5) is 11.1. The van der Waals surface area contributed by atoms with Crippen LogP contribution in [0.4, 0.5) is 0 Å². The lowest BCUT2D eigenvalue weighted by molar-refractivity contribution is -0.180. The maximum atomic E-state index is 11.1. The van der Waals surface area contributed by atoms with Gasteiger partial charge in [-0.05, 0) is 37.7 Å². The quantitative estimate of drug-likeness (QED) is 0.741. The molecule has 3 atom stereocenters. The second-order valence-corrected chi connectivity index (χ2v) is 5.13. The largest absolute Gasteiger partial charge is 0.475 e. The Morgan fingerprint density at radius 3 is 2.68 bits per heavy atom. The third kappa shape index (κ3) is 4.21. The van der Waals surface area contributed by atoms with E-state index >= 15 is 0 Å². The molecular weight excluding hydrogens is 248 g/mol. The van der Waals surface area contributed by atoms with E-state index in [4.69, 9.17) is 19.7 Å². The van der Waals surface area contributed by atoms with E-state index in [0.29, 0.717) is 18.9 Å². The molecule has 0 saturated carbocycles. The SMILES string of the molecule is CCO[C@@H]1OC(C(=O)O)=C[C@H](C(C)C)[C@@H]1CCCO. The van der Waals surface area contributed by atoms with Gasteiger partial charge in [-0.2, -0.15) is 0 Å². The van der Waals surface area contributed by atoms with E-state index in [2.05, 4.69) is 13.8 Å². The van der Waals surface area contributed by atoms with Gasteiger partial charge in [0.05, 0.1) is 0 Å². The Bertz CT molecular complexity index is 324. The van der Waals surface area contributed by atoms with Crippen LogP contribution in [0.15, 0.2) is 11.8 Å². The van der Waals surface area contributed by atoms with E-state index < -0.39 is 12.3 Å². The van der Waals surface area contributed by atoms with Gasteiger partial charge >= 0.3 is 5.97 Å². The fourth-order valence-electron chi connectivity index (χ4n) is 2.52. The third-order valence-corrected chi connectivity index (χ3v) is 3.44. The van der Waals surface area contributed by atoms with Crippen molar-refractivity contribution in [2.45, 2.75) is 39.9 Å². The molecule has 0 aliphatic carbocycles. The minimum atomic E-state index is -1.06. The van der Waals surface area contributed by atoms with Gasteiger partial charge in [0.1, 0.15) is 0 Å². The molecule has 1 heterocycles. The topological polar surface area (TPSA) is 76.0 Å². The van der Waals surface area contributed by atoms with Crippen LogP contribution in [0.5, 0.6) is 0 Å². The summed E-state index contributed by atoms with van der Waals surface area (Å²) in [7, 11) is 0. The maximum Gasteiger partial charge on any atom is 0.370 e. The van der Waals surface area contributed by atoms with Crippen molar-refractivity contribution in [1.29, 1.82) is 0 Å². The number of hydrogen-bond acceptors (Lipinski definition) is 4. The van der Waals surface area contributed by atoms with Crippen LogP contribution in [0.25, 0.3) is 0 Å². The van der Waals surface area contributed by atoms with Gasteiger partial charge in [-0.15, -0.1) is 0 Å². The van der Waals surface area contributed by atoms with Gasteiger partial charge in [0.25, 0.3) is 0 Å². The Morgan fingerprint density at radius 2 is 2.21 bits per heavy atom. The van der Waals surface area contributed by atoms with Crippen molar-refractivity contribution in [3.63, 3.8) is 0 Å². The number of aliphatic hydroxyl groups is 1. The van der Waals surface area contributed by atoms with Crippen molar-refractivity contribution in [1.82, 2.24) is 0 Å². The highest BCUT2D eigenvalue weighted by Gasteiger charge is 2.38. The van der Waals surface area contributed by atoms with Gasteiger partial charge in [-0.3, -0.25) is 0 Å². The van der Waals surface area contributed by atoms with Gasteiger partial charge in [0.15, 0.2) is 0 Å². The summed E-state index contributed by atoms with van der Waals surface area (Å²) in [5.74, 6) is -0.628. The summed E-state index contributed by atoms with van der Waals surface area (Å²) >= 11 is 0. The standard InChI is InChI=1S/C14H24O5/c1-4-18-14-10(6-5-7-15)11(9(2)3)8-12(19-14)13(16)17/h8-11,14-15H,4-7H2,1-3H3,(H,16,17)/t10-,11+,14+/m0/s1. The molecule has 1 aliphatic heterocycles. The van der Waals surface area contributed by atoms with Crippen molar-refractivity contribution in [2.75, 3.05) is 13.2 Å². The molecule has 0 aromatic heterocycles.